The molecule has 26 heavy (non-hydrogen) atoms. The minimum atomic E-state index is -0.385. The number of hydrogen-bond acceptors (Lipinski definition) is 6. The number of carbonyl (C=O) groups is 1. The standard InChI is InChI=1S/C18H25N2O5S/c1-7-25-18(21)13-10-16(26(5)6)19-20(13)11-12-8-14(22-2)17(24-4)15(9-12)23-3/h8-10H,7,11H2,1-6H3/q+1. The fourth-order valence-electron chi connectivity index (χ4n) is 2.48. The highest BCUT2D eigenvalue weighted by Gasteiger charge is 2.23. The van der Waals surface area contributed by atoms with Gasteiger partial charge in [-0.25, -0.2) is 9.48 Å². The van der Waals surface area contributed by atoms with Crippen LogP contribution in [0, 0.1) is 0 Å². The Morgan fingerprint density at radius 1 is 1.08 bits per heavy atom. The summed E-state index contributed by atoms with van der Waals surface area (Å²) in [4.78, 5) is 12.3. The van der Waals surface area contributed by atoms with Crippen LogP contribution in [0.1, 0.15) is 23.0 Å². The van der Waals surface area contributed by atoms with Crippen molar-refractivity contribution in [2.45, 2.75) is 18.5 Å². The number of aromatic nitrogens is 2. The van der Waals surface area contributed by atoms with E-state index in [-0.39, 0.29) is 16.9 Å². The number of esters is 1. The summed E-state index contributed by atoms with van der Waals surface area (Å²) in [6, 6.07) is 5.48. The summed E-state index contributed by atoms with van der Waals surface area (Å²) in [6.45, 7) is 2.47. The van der Waals surface area contributed by atoms with E-state index in [1.165, 1.54) is 0 Å². The molecule has 2 aromatic rings. The third-order valence-electron chi connectivity index (χ3n) is 3.72. The van der Waals surface area contributed by atoms with Crippen LogP contribution in [0.15, 0.2) is 23.2 Å². The van der Waals surface area contributed by atoms with Crippen LogP contribution in [0.2, 0.25) is 0 Å². The third-order valence-corrected chi connectivity index (χ3v) is 4.75. The lowest BCUT2D eigenvalue weighted by molar-refractivity contribution is 0.0512. The van der Waals surface area contributed by atoms with E-state index in [1.54, 1.807) is 39.0 Å². The minimum absolute atomic E-state index is 0.0731. The second-order valence-electron chi connectivity index (χ2n) is 5.60. The van der Waals surface area contributed by atoms with Crippen LogP contribution in [-0.2, 0) is 22.2 Å². The van der Waals surface area contributed by atoms with E-state index in [4.69, 9.17) is 18.9 Å². The molecule has 0 atom stereocenters. The van der Waals surface area contributed by atoms with Crippen LogP contribution >= 0.6 is 0 Å². The van der Waals surface area contributed by atoms with Gasteiger partial charge in [0.25, 0.3) is 5.03 Å². The zero-order chi connectivity index (χ0) is 19.3. The maximum Gasteiger partial charge on any atom is 0.356 e. The van der Waals surface area contributed by atoms with Crippen molar-refractivity contribution in [1.82, 2.24) is 9.78 Å². The lowest BCUT2D eigenvalue weighted by atomic mass is 10.1. The molecule has 2 rings (SSSR count). The van der Waals surface area contributed by atoms with E-state index < -0.39 is 0 Å². The van der Waals surface area contributed by atoms with E-state index in [9.17, 15) is 4.79 Å². The molecule has 0 saturated heterocycles. The molecular weight excluding hydrogens is 356 g/mol. The van der Waals surface area contributed by atoms with Gasteiger partial charge in [0, 0.05) is 17.0 Å². The zero-order valence-corrected chi connectivity index (χ0v) is 16.8. The molecule has 0 aliphatic carbocycles. The maximum atomic E-state index is 12.3. The lowest BCUT2D eigenvalue weighted by Crippen LogP contribution is -2.14. The number of rotatable bonds is 8. The molecule has 0 fully saturated rings. The van der Waals surface area contributed by atoms with Gasteiger partial charge in [-0.1, -0.05) is 0 Å². The monoisotopic (exact) mass is 381 g/mol. The Bertz CT molecular complexity index is 748. The minimum Gasteiger partial charge on any atom is -0.493 e. The summed E-state index contributed by atoms with van der Waals surface area (Å²) in [5, 5.41) is 5.44. The first-order valence-electron chi connectivity index (χ1n) is 8.06. The molecule has 0 aliphatic rings. The number of benzene rings is 1. The largest absolute Gasteiger partial charge is 0.493 e. The second-order valence-corrected chi connectivity index (χ2v) is 7.65. The first-order valence-corrected chi connectivity index (χ1v) is 10.1. The molecule has 0 unspecified atom stereocenters. The van der Waals surface area contributed by atoms with Gasteiger partial charge in [0.05, 0.1) is 34.5 Å². The normalized spacial score (nSPS) is 10.7. The average Bonchev–Trinajstić information content (AvgIpc) is 3.05. The molecule has 0 N–H and O–H groups in total. The SMILES string of the molecule is CCOC(=O)c1cc([S+](C)C)nn1Cc1cc(OC)c(OC)c(OC)c1. The van der Waals surface area contributed by atoms with Gasteiger partial charge in [-0.2, -0.15) is 0 Å². The van der Waals surface area contributed by atoms with Crippen LogP contribution in [-0.4, -0.2) is 56.2 Å². The summed E-state index contributed by atoms with van der Waals surface area (Å²) < 4.78 is 22.9. The van der Waals surface area contributed by atoms with Crippen molar-refractivity contribution in [3.63, 3.8) is 0 Å². The van der Waals surface area contributed by atoms with E-state index in [0.717, 1.165) is 10.6 Å². The van der Waals surface area contributed by atoms with Crippen LogP contribution in [0.5, 0.6) is 17.2 Å². The molecule has 0 amide bonds. The Balaban J connectivity index is 2.45. The van der Waals surface area contributed by atoms with Gasteiger partial charge in [-0.15, -0.1) is 5.10 Å². The molecule has 0 bridgehead atoms. The average molecular weight is 381 g/mol. The Morgan fingerprint density at radius 3 is 2.15 bits per heavy atom. The molecular formula is C18H25N2O5S+. The molecule has 1 heterocycles. The van der Waals surface area contributed by atoms with Gasteiger partial charge in [0.1, 0.15) is 12.5 Å². The number of carbonyl (C=O) groups excluding carboxylic acids is 1. The Morgan fingerprint density at radius 2 is 1.69 bits per heavy atom. The summed E-state index contributed by atoms with van der Waals surface area (Å²) in [7, 11) is 4.62. The zero-order valence-electron chi connectivity index (χ0n) is 16.0. The fourth-order valence-corrected chi connectivity index (χ4v) is 3.09. The van der Waals surface area contributed by atoms with E-state index in [1.807, 2.05) is 12.1 Å². The first kappa shape index (κ1) is 20.0. The highest BCUT2D eigenvalue weighted by atomic mass is 32.2. The van der Waals surface area contributed by atoms with Crippen molar-refractivity contribution in [1.29, 1.82) is 0 Å². The van der Waals surface area contributed by atoms with Crippen LogP contribution < -0.4 is 14.2 Å². The summed E-state index contributed by atoms with van der Waals surface area (Å²) >= 11 is 0. The molecule has 7 nitrogen and oxygen atoms in total. The van der Waals surface area contributed by atoms with Crippen molar-refractivity contribution in [2.24, 2.45) is 0 Å². The first-order chi connectivity index (χ1) is 12.4. The molecule has 0 saturated carbocycles. The topological polar surface area (TPSA) is 71.8 Å². The van der Waals surface area contributed by atoms with E-state index >= 15 is 0 Å². The van der Waals surface area contributed by atoms with Gasteiger partial charge in [0.2, 0.25) is 5.75 Å². The number of hydrogen-bond donors (Lipinski definition) is 0. The maximum absolute atomic E-state index is 12.3. The van der Waals surface area contributed by atoms with Crippen LogP contribution in [0.25, 0.3) is 0 Å². The molecule has 1 aromatic carbocycles. The predicted molar refractivity (Wildman–Crippen MR) is 101 cm³/mol. The van der Waals surface area contributed by atoms with Crippen molar-refractivity contribution in [2.75, 3.05) is 40.4 Å². The van der Waals surface area contributed by atoms with Crippen molar-refractivity contribution in [3.05, 3.63) is 29.5 Å². The number of ether oxygens (including phenoxy) is 4. The fraction of sp³-hybridized carbons (Fsp3) is 0.444. The Hall–Kier alpha value is -2.35. The van der Waals surface area contributed by atoms with Gasteiger partial charge in [-0.05, 0) is 24.6 Å². The van der Waals surface area contributed by atoms with Crippen molar-refractivity contribution < 1.29 is 23.7 Å². The summed E-state index contributed by atoms with van der Waals surface area (Å²) in [6.07, 6.45) is 4.11. The van der Waals surface area contributed by atoms with Crippen molar-refractivity contribution in [3.8, 4) is 17.2 Å². The quantitative estimate of drug-likeness (QED) is 0.516. The molecule has 0 aliphatic heterocycles. The van der Waals surface area contributed by atoms with Crippen molar-refractivity contribution >= 4 is 16.9 Å². The molecule has 1 aromatic heterocycles. The van der Waals surface area contributed by atoms with E-state index in [0.29, 0.717) is 36.1 Å². The molecule has 142 valence electrons. The lowest BCUT2D eigenvalue weighted by Gasteiger charge is -2.14. The molecule has 8 heteroatoms. The van der Waals surface area contributed by atoms with Crippen LogP contribution in [0.3, 0.4) is 0 Å². The highest BCUT2D eigenvalue weighted by Crippen LogP contribution is 2.38. The smallest absolute Gasteiger partial charge is 0.356 e. The van der Waals surface area contributed by atoms with Gasteiger partial charge in [0.15, 0.2) is 17.2 Å². The van der Waals surface area contributed by atoms with E-state index in [2.05, 4.69) is 17.6 Å². The molecule has 0 radical (unpaired) electrons. The van der Waals surface area contributed by atoms with Gasteiger partial charge < -0.3 is 18.9 Å². The number of nitrogens with zero attached hydrogens (tertiary/aromatic N) is 2. The van der Waals surface area contributed by atoms with Gasteiger partial charge in [-0.3, -0.25) is 0 Å². The highest BCUT2D eigenvalue weighted by molar-refractivity contribution is 7.95. The summed E-state index contributed by atoms with van der Waals surface area (Å²) in [5.74, 6) is 1.24. The second kappa shape index (κ2) is 8.84. The molecule has 0 spiro atoms. The summed E-state index contributed by atoms with van der Waals surface area (Å²) in [5.41, 5.74) is 1.29. The Kier molecular flexibility index (Phi) is 6.79. The third kappa shape index (κ3) is 4.24. The van der Waals surface area contributed by atoms with Crippen LogP contribution in [0.4, 0.5) is 0 Å². The van der Waals surface area contributed by atoms with Gasteiger partial charge >= 0.3 is 5.97 Å². The Labute approximate surface area is 156 Å². The predicted octanol–water partition coefficient (Wildman–Crippen LogP) is 2.37. The number of methoxy groups -OCH3 is 3.